The molecule has 0 saturated carbocycles. The molecule has 0 saturated heterocycles. The van der Waals surface area contributed by atoms with Crippen LogP contribution in [0.2, 0.25) is 0 Å². The number of sulfonamides is 1. The van der Waals surface area contributed by atoms with Gasteiger partial charge < -0.3 is 5.32 Å². The Morgan fingerprint density at radius 1 is 1.12 bits per heavy atom. The molecule has 0 radical (unpaired) electrons. The number of carbonyl (C=O) groups excluding carboxylic acids is 1. The summed E-state index contributed by atoms with van der Waals surface area (Å²) in [5.74, 6) is -0.396. The number of nitrogens with zero attached hydrogens (tertiary/aromatic N) is 1. The predicted octanol–water partition coefficient (Wildman–Crippen LogP) is 2.98. The molecule has 0 aliphatic heterocycles. The quantitative estimate of drug-likeness (QED) is 0.800. The summed E-state index contributed by atoms with van der Waals surface area (Å²) in [4.78, 5) is 13.8. The van der Waals surface area contributed by atoms with Crippen LogP contribution in [0.3, 0.4) is 0 Å². The smallest absolute Gasteiger partial charge is 0.247 e. The average molecular weight is 364 g/mol. The SMILES string of the molecule is CSc1cccc(NC(=O)[C@H](c2ccccc2)N(C)S(C)(=O)=O)c1. The maximum absolute atomic E-state index is 12.8. The Hall–Kier alpha value is -1.83. The summed E-state index contributed by atoms with van der Waals surface area (Å²) in [6.45, 7) is 0. The lowest BCUT2D eigenvalue weighted by Crippen LogP contribution is -2.38. The number of benzene rings is 2. The lowest BCUT2D eigenvalue weighted by atomic mass is 10.1. The molecule has 24 heavy (non-hydrogen) atoms. The first kappa shape index (κ1) is 18.5. The van der Waals surface area contributed by atoms with Gasteiger partial charge in [-0.05, 0) is 30.0 Å². The Kier molecular flexibility index (Phi) is 6.04. The van der Waals surface area contributed by atoms with Gasteiger partial charge in [0, 0.05) is 17.6 Å². The highest BCUT2D eigenvalue weighted by atomic mass is 32.2. The molecule has 0 bridgehead atoms. The number of rotatable bonds is 6. The lowest BCUT2D eigenvalue weighted by molar-refractivity contribution is -0.119. The maximum Gasteiger partial charge on any atom is 0.247 e. The van der Waals surface area contributed by atoms with E-state index < -0.39 is 22.0 Å². The van der Waals surface area contributed by atoms with Gasteiger partial charge in [-0.1, -0.05) is 36.4 Å². The van der Waals surface area contributed by atoms with Crippen LogP contribution in [0.25, 0.3) is 0 Å². The number of likely N-dealkylation sites (N-methyl/N-ethyl adjacent to an activating group) is 1. The largest absolute Gasteiger partial charge is 0.324 e. The highest BCUT2D eigenvalue weighted by Gasteiger charge is 2.30. The van der Waals surface area contributed by atoms with Gasteiger partial charge in [-0.25, -0.2) is 8.42 Å². The van der Waals surface area contributed by atoms with Crippen molar-refractivity contribution >= 4 is 33.4 Å². The highest BCUT2D eigenvalue weighted by Crippen LogP contribution is 2.25. The van der Waals surface area contributed by atoms with Crippen LogP contribution in [-0.4, -0.2) is 38.2 Å². The summed E-state index contributed by atoms with van der Waals surface area (Å²) in [5, 5.41) is 2.81. The van der Waals surface area contributed by atoms with Gasteiger partial charge in [0.2, 0.25) is 15.9 Å². The summed E-state index contributed by atoms with van der Waals surface area (Å²) in [5.41, 5.74) is 1.25. The molecule has 0 aliphatic rings. The molecule has 7 heteroatoms. The monoisotopic (exact) mass is 364 g/mol. The van der Waals surface area contributed by atoms with Crippen LogP contribution >= 0.6 is 11.8 Å². The third-order valence-corrected chi connectivity index (χ3v) is 5.57. The minimum Gasteiger partial charge on any atom is -0.324 e. The minimum absolute atomic E-state index is 0.396. The summed E-state index contributed by atoms with van der Waals surface area (Å²) in [6, 6.07) is 15.3. The van der Waals surface area contributed by atoms with Crippen LogP contribution in [0.5, 0.6) is 0 Å². The first-order valence-electron chi connectivity index (χ1n) is 7.26. The van der Waals surface area contributed by atoms with Gasteiger partial charge in [0.15, 0.2) is 0 Å². The van der Waals surface area contributed by atoms with Crippen molar-refractivity contribution in [2.45, 2.75) is 10.9 Å². The molecule has 0 aliphatic carbocycles. The molecule has 1 amide bonds. The van der Waals surface area contributed by atoms with Gasteiger partial charge in [0.05, 0.1) is 6.26 Å². The number of amides is 1. The van der Waals surface area contributed by atoms with E-state index in [1.165, 1.54) is 7.05 Å². The van der Waals surface area contributed by atoms with Gasteiger partial charge in [0.25, 0.3) is 0 Å². The van der Waals surface area contributed by atoms with E-state index in [0.29, 0.717) is 11.3 Å². The van der Waals surface area contributed by atoms with Crippen LogP contribution in [0.1, 0.15) is 11.6 Å². The number of nitrogens with one attached hydrogen (secondary N) is 1. The molecule has 1 N–H and O–H groups in total. The first-order valence-corrected chi connectivity index (χ1v) is 10.3. The molecule has 5 nitrogen and oxygen atoms in total. The Morgan fingerprint density at radius 2 is 1.79 bits per heavy atom. The molecule has 128 valence electrons. The van der Waals surface area contributed by atoms with Gasteiger partial charge in [-0.3, -0.25) is 4.79 Å². The van der Waals surface area contributed by atoms with Crippen LogP contribution in [0, 0.1) is 0 Å². The normalized spacial score (nSPS) is 12.8. The molecular weight excluding hydrogens is 344 g/mol. The van der Waals surface area contributed by atoms with Crippen LogP contribution < -0.4 is 5.32 Å². The zero-order valence-corrected chi connectivity index (χ0v) is 15.4. The van der Waals surface area contributed by atoms with E-state index in [-0.39, 0.29) is 0 Å². The number of thioether (sulfide) groups is 1. The maximum atomic E-state index is 12.8. The number of anilines is 1. The summed E-state index contributed by atoms with van der Waals surface area (Å²) in [6.07, 6.45) is 3.04. The summed E-state index contributed by atoms with van der Waals surface area (Å²) >= 11 is 1.57. The molecule has 0 spiro atoms. The Bertz CT molecular complexity index is 808. The standard InChI is InChI=1S/C17H20N2O3S2/c1-19(24(3,21)22)16(13-8-5-4-6-9-13)17(20)18-14-10-7-11-15(12-14)23-2/h4-12,16H,1-3H3,(H,18,20)/t16-/m0/s1. The Labute approximate surface area is 147 Å². The minimum atomic E-state index is -3.53. The molecule has 0 fully saturated rings. The Balaban J connectivity index is 2.34. The molecule has 0 aromatic heterocycles. The molecule has 2 aromatic rings. The fourth-order valence-electron chi connectivity index (χ4n) is 2.26. The second-order valence-corrected chi connectivity index (χ2v) is 8.24. The van der Waals surface area contributed by atoms with Crippen molar-refractivity contribution in [2.75, 3.05) is 24.9 Å². The third kappa shape index (κ3) is 4.59. The van der Waals surface area contributed by atoms with Crippen molar-refractivity contribution in [3.8, 4) is 0 Å². The number of carbonyl (C=O) groups is 1. The summed E-state index contributed by atoms with van der Waals surface area (Å²) < 4.78 is 25.0. The Morgan fingerprint density at radius 3 is 2.38 bits per heavy atom. The molecule has 0 unspecified atom stereocenters. The third-order valence-electron chi connectivity index (χ3n) is 3.59. The van der Waals surface area contributed by atoms with Crippen molar-refractivity contribution < 1.29 is 13.2 Å². The van der Waals surface area contributed by atoms with Crippen molar-refractivity contribution in [1.29, 1.82) is 0 Å². The predicted molar refractivity (Wildman–Crippen MR) is 98.6 cm³/mol. The van der Waals surface area contributed by atoms with Crippen LogP contribution in [0.4, 0.5) is 5.69 Å². The lowest BCUT2D eigenvalue weighted by Gasteiger charge is -2.25. The van der Waals surface area contributed by atoms with Crippen molar-refractivity contribution in [3.05, 3.63) is 60.2 Å². The fourth-order valence-corrected chi connectivity index (χ4v) is 3.32. The van der Waals surface area contributed by atoms with Crippen molar-refractivity contribution in [2.24, 2.45) is 0 Å². The van der Waals surface area contributed by atoms with Gasteiger partial charge in [0.1, 0.15) is 6.04 Å². The topological polar surface area (TPSA) is 66.5 Å². The van der Waals surface area contributed by atoms with E-state index in [0.717, 1.165) is 15.5 Å². The number of hydrogen-bond donors (Lipinski definition) is 1. The van der Waals surface area contributed by atoms with E-state index in [1.807, 2.05) is 30.5 Å². The molecule has 2 rings (SSSR count). The zero-order chi connectivity index (χ0) is 17.7. The molecule has 2 aromatic carbocycles. The second kappa shape index (κ2) is 7.83. The van der Waals surface area contributed by atoms with Crippen molar-refractivity contribution in [3.63, 3.8) is 0 Å². The molecular formula is C17H20N2O3S2. The molecule has 1 atom stereocenters. The van der Waals surface area contributed by atoms with Gasteiger partial charge >= 0.3 is 0 Å². The zero-order valence-electron chi connectivity index (χ0n) is 13.8. The van der Waals surface area contributed by atoms with E-state index in [2.05, 4.69) is 5.32 Å². The number of hydrogen-bond acceptors (Lipinski definition) is 4. The highest BCUT2D eigenvalue weighted by molar-refractivity contribution is 7.98. The fraction of sp³-hybridized carbons (Fsp3) is 0.235. The first-order chi connectivity index (χ1) is 11.3. The van der Waals surface area contributed by atoms with E-state index in [1.54, 1.807) is 42.1 Å². The van der Waals surface area contributed by atoms with Gasteiger partial charge in [-0.2, -0.15) is 4.31 Å². The second-order valence-electron chi connectivity index (χ2n) is 5.31. The average Bonchev–Trinajstić information content (AvgIpc) is 2.55. The van der Waals surface area contributed by atoms with Gasteiger partial charge in [-0.15, -0.1) is 11.8 Å². The van der Waals surface area contributed by atoms with Crippen LogP contribution in [0.15, 0.2) is 59.5 Å². The summed E-state index contributed by atoms with van der Waals surface area (Å²) in [7, 11) is -2.12. The molecule has 0 heterocycles. The van der Waals surface area contributed by atoms with Crippen LogP contribution in [-0.2, 0) is 14.8 Å². The van der Waals surface area contributed by atoms with E-state index in [4.69, 9.17) is 0 Å². The van der Waals surface area contributed by atoms with Crippen molar-refractivity contribution in [1.82, 2.24) is 4.31 Å². The van der Waals surface area contributed by atoms with E-state index in [9.17, 15) is 13.2 Å². The van der Waals surface area contributed by atoms with E-state index >= 15 is 0 Å².